The second-order valence-corrected chi connectivity index (χ2v) is 7.63. The van der Waals surface area contributed by atoms with Gasteiger partial charge in [-0.1, -0.05) is 0 Å². The summed E-state index contributed by atoms with van der Waals surface area (Å²) in [6.07, 6.45) is -1.69. The Labute approximate surface area is 186 Å². The van der Waals surface area contributed by atoms with Gasteiger partial charge in [-0.3, -0.25) is 9.48 Å². The number of hydrogen-bond donors (Lipinski definition) is 3. The van der Waals surface area contributed by atoms with Gasteiger partial charge in [-0.15, -0.1) is 0 Å². The first-order valence-corrected chi connectivity index (χ1v) is 9.83. The molecule has 0 saturated carbocycles. The van der Waals surface area contributed by atoms with Crippen LogP contribution in [0.2, 0.25) is 0 Å². The van der Waals surface area contributed by atoms with Crippen molar-refractivity contribution >= 4 is 23.5 Å². The maximum absolute atomic E-state index is 14.1. The molecule has 2 aromatic rings. The van der Waals surface area contributed by atoms with Gasteiger partial charge >= 0.3 is 0 Å². The van der Waals surface area contributed by atoms with E-state index >= 15 is 0 Å². The fourth-order valence-electron chi connectivity index (χ4n) is 3.88. The van der Waals surface area contributed by atoms with Crippen LogP contribution in [0.15, 0.2) is 30.5 Å². The van der Waals surface area contributed by atoms with Crippen LogP contribution in [0.3, 0.4) is 0 Å². The van der Waals surface area contributed by atoms with E-state index in [2.05, 4.69) is 10.4 Å². The summed E-state index contributed by atoms with van der Waals surface area (Å²) in [6, 6.07) is 4.28. The molecule has 1 unspecified atom stereocenters. The molecule has 2 amide bonds. The van der Waals surface area contributed by atoms with Gasteiger partial charge in [0.2, 0.25) is 0 Å². The van der Waals surface area contributed by atoms with Crippen LogP contribution in [0.5, 0.6) is 0 Å². The molecule has 2 heterocycles. The van der Waals surface area contributed by atoms with Crippen molar-refractivity contribution in [1.29, 1.82) is 5.26 Å². The number of aliphatic hydroxyl groups excluding tert-OH is 1. The van der Waals surface area contributed by atoms with E-state index in [0.29, 0.717) is 10.6 Å². The molecule has 33 heavy (non-hydrogen) atoms. The standard InChI is InChI=1S/C20H21F3N6O4/c21-12-1-3-13(4-2-12)26-18-14(17(25)31)9-29(27-18)16-11(8-24)5-6-28(19(32)33)15(16)7-20(22,23)10-30/h1-4,9,11,15-16,30H,5-7,10H2,(H2,25,31)(H,26,27)(H,32,33)/p-1/t11-,15?,16-/m1/s1. The number of carbonyl (C=O) groups excluding carboxylic acids is 2. The molecular weight excluding hydrogens is 445 g/mol. The quantitative estimate of drug-likeness (QED) is 0.549. The third-order valence-electron chi connectivity index (χ3n) is 5.44. The van der Waals surface area contributed by atoms with Gasteiger partial charge in [0.15, 0.2) is 5.82 Å². The number of amides is 2. The summed E-state index contributed by atoms with van der Waals surface area (Å²) < 4.78 is 42.4. The minimum absolute atomic E-state index is 0.00281. The molecule has 1 aliphatic heterocycles. The van der Waals surface area contributed by atoms with E-state index in [0.717, 1.165) is 23.0 Å². The summed E-state index contributed by atoms with van der Waals surface area (Å²) in [5.74, 6) is -6.12. The fourth-order valence-corrected chi connectivity index (χ4v) is 3.88. The Morgan fingerprint density at radius 3 is 2.58 bits per heavy atom. The van der Waals surface area contributed by atoms with Crippen molar-refractivity contribution in [2.24, 2.45) is 11.7 Å². The number of benzene rings is 1. The fraction of sp³-hybridized carbons (Fsp3) is 0.400. The Morgan fingerprint density at radius 2 is 2.03 bits per heavy atom. The van der Waals surface area contributed by atoms with Crippen molar-refractivity contribution in [3.05, 3.63) is 41.8 Å². The van der Waals surface area contributed by atoms with Crippen LogP contribution in [-0.4, -0.2) is 56.9 Å². The van der Waals surface area contributed by atoms with Crippen molar-refractivity contribution < 1.29 is 33.0 Å². The molecule has 13 heteroatoms. The maximum atomic E-state index is 14.1. The summed E-state index contributed by atoms with van der Waals surface area (Å²) in [4.78, 5) is 24.3. The number of hydrogen-bond acceptors (Lipinski definition) is 7. The van der Waals surface area contributed by atoms with Gasteiger partial charge in [-0.05, 0) is 30.7 Å². The van der Waals surface area contributed by atoms with Crippen LogP contribution in [0, 0.1) is 23.1 Å². The van der Waals surface area contributed by atoms with Crippen LogP contribution in [0.4, 0.5) is 29.5 Å². The van der Waals surface area contributed by atoms with Gasteiger partial charge in [-0.2, -0.15) is 10.4 Å². The highest BCUT2D eigenvalue weighted by Gasteiger charge is 2.46. The van der Waals surface area contributed by atoms with Crippen molar-refractivity contribution in [2.45, 2.75) is 30.8 Å². The molecule has 1 fully saturated rings. The van der Waals surface area contributed by atoms with E-state index < -0.39 is 54.8 Å². The van der Waals surface area contributed by atoms with Gasteiger partial charge in [-0.25, -0.2) is 13.2 Å². The molecule has 10 nitrogen and oxygen atoms in total. The molecule has 0 radical (unpaired) electrons. The number of nitrogens with one attached hydrogen (secondary N) is 1. The highest BCUT2D eigenvalue weighted by atomic mass is 19.3. The van der Waals surface area contributed by atoms with Crippen molar-refractivity contribution in [2.75, 3.05) is 18.5 Å². The largest absolute Gasteiger partial charge is 0.530 e. The van der Waals surface area contributed by atoms with Gasteiger partial charge in [0.05, 0.1) is 24.1 Å². The molecule has 0 aliphatic carbocycles. The van der Waals surface area contributed by atoms with E-state index in [1.54, 1.807) is 0 Å². The average molecular weight is 465 g/mol. The van der Waals surface area contributed by atoms with Crippen molar-refractivity contribution in [3.63, 3.8) is 0 Å². The predicted molar refractivity (Wildman–Crippen MR) is 106 cm³/mol. The summed E-state index contributed by atoms with van der Waals surface area (Å²) in [5, 5.41) is 37.2. The van der Waals surface area contributed by atoms with Gasteiger partial charge in [0, 0.05) is 24.8 Å². The zero-order valence-electron chi connectivity index (χ0n) is 17.1. The lowest BCUT2D eigenvalue weighted by molar-refractivity contribution is -0.272. The molecule has 1 aromatic heterocycles. The van der Waals surface area contributed by atoms with E-state index in [-0.39, 0.29) is 24.3 Å². The summed E-state index contributed by atoms with van der Waals surface area (Å²) in [5.41, 5.74) is 5.59. The number of rotatable bonds is 7. The number of aliphatic hydroxyl groups is 1. The highest BCUT2D eigenvalue weighted by Crippen LogP contribution is 2.39. The number of carboxylic acid groups (broad SMARTS) is 1. The van der Waals surface area contributed by atoms with Gasteiger partial charge < -0.3 is 31.0 Å². The number of carbonyl (C=O) groups is 2. The Kier molecular flexibility index (Phi) is 6.78. The minimum Gasteiger partial charge on any atom is -0.530 e. The number of alkyl halides is 2. The van der Waals surface area contributed by atoms with Crippen LogP contribution in [0.25, 0.3) is 0 Å². The zero-order chi connectivity index (χ0) is 24.3. The predicted octanol–water partition coefficient (Wildman–Crippen LogP) is 0.981. The second-order valence-electron chi connectivity index (χ2n) is 7.63. The second kappa shape index (κ2) is 9.37. The van der Waals surface area contributed by atoms with Crippen molar-refractivity contribution in [1.82, 2.24) is 14.7 Å². The van der Waals surface area contributed by atoms with Crippen LogP contribution in [-0.2, 0) is 0 Å². The van der Waals surface area contributed by atoms with Crippen molar-refractivity contribution in [3.8, 4) is 6.07 Å². The number of piperidine rings is 1. The number of nitriles is 1. The topological polar surface area (TPSA) is 160 Å². The van der Waals surface area contributed by atoms with E-state index in [1.165, 1.54) is 12.1 Å². The lowest BCUT2D eigenvalue weighted by Gasteiger charge is -2.45. The van der Waals surface area contributed by atoms with Crippen LogP contribution < -0.4 is 16.2 Å². The highest BCUT2D eigenvalue weighted by molar-refractivity contribution is 5.98. The molecule has 1 aliphatic rings. The maximum Gasteiger partial charge on any atom is 0.272 e. The number of likely N-dealkylation sites (tertiary alicyclic amines) is 1. The number of aromatic nitrogens is 2. The average Bonchev–Trinajstić information content (AvgIpc) is 3.18. The minimum atomic E-state index is -3.65. The molecule has 4 N–H and O–H groups in total. The number of nitrogens with zero attached hydrogens (tertiary/aromatic N) is 4. The summed E-state index contributed by atoms with van der Waals surface area (Å²) in [6.45, 7) is -1.76. The van der Waals surface area contributed by atoms with E-state index in [1.807, 2.05) is 6.07 Å². The number of primary amides is 1. The SMILES string of the molecule is N#C[C@H]1CCN(C(=O)[O-])C(CC(F)(F)CO)[C@@H]1n1cc(C(N)=O)c(Nc2ccc(F)cc2)n1. The Balaban J connectivity index is 2.07. The first kappa shape index (κ1) is 23.9. The molecular formula is C20H20F3N6O4-. The molecule has 3 atom stereocenters. The van der Waals surface area contributed by atoms with E-state index in [4.69, 9.17) is 10.8 Å². The van der Waals surface area contributed by atoms with Crippen LogP contribution in [0.1, 0.15) is 29.2 Å². The molecule has 1 saturated heterocycles. The Hall–Kier alpha value is -3.79. The van der Waals surface area contributed by atoms with Gasteiger partial charge in [0.25, 0.3) is 11.8 Å². The molecule has 0 bridgehead atoms. The molecule has 3 rings (SSSR count). The third kappa shape index (κ3) is 5.17. The number of nitrogens with two attached hydrogens (primary N) is 1. The zero-order valence-corrected chi connectivity index (χ0v) is 17.1. The third-order valence-corrected chi connectivity index (χ3v) is 5.44. The first-order valence-electron chi connectivity index (χ1n) is 9.83. The lowest BCUT2D eigenvalue weighted by atomic mass is 9.83. The molecule has 176 valence electrons. The molecule has 1 aromatic carbocycles. The lowest BCUT2D eigenvalue weighted by Crippen LogP contribution is -2.57. The number of halogens is 3. The Bertz CT molecular complexity index is 1070. The monoisotopic (exact) mass is 465 g/mol. The molecule has 0 spiro atoms. The van der Waals surface area contributed by atoms with Gasteiger partial charge in [0.1, 0.15) is 24.1 Å². The number of anilines is 2. The van der Waals surface area contributed by atoms with Crippen LogP contribution >= 0.6 is 0 Å². The summed E-state index contributed by atoms with van der Waals surface area (Å²) >= 11 is 0. The Morgan fingerprint density at radius 1 is 1.36 bits per heavy atom. The van der Waals surface area contributed by atoms with E-state index in [9.17, 15) is 33.1 Å². The first-order chi connectivity index (χ1) is 15.6. The normalized spacial score (nSPS) is 20.8. The summed E-state index contributed by atoms with van der Waals surface area (Å²) in [7, 11) is 0. The smallest absolute Gasteiger partial charge is 0.272 e.